The molecule has 0 aliphatic carbocycles. The number of nitrogens with zero attached hydrogens (tertiary/aromatic N) is 1. The molecule has 0 unspecified atom stereocenters. The second-order valence-electron chi connectivity index (χ2n) is 5.67. The third kappa shape index (κ3) is 7.16. The van der Waals surface area contributed by atoms with Crippen molar-refractivity contribution < 1.29 is 4.74 Å². The second kappa shape index (κ2) is 11.0. The molecule has 25 heavy (non-hydrogen) atoms. The van der Waals surface area contributed by atoms with Crippen LogP contribution >= 0.6 is 0 Å². The molecule has 0 saturated carbocycles. The quantitative estimate of drug-likeness (QED) is 0.373. The maximum atomic E-state index is 5.17. The Kier molecular flexibility index (Phi) is 8.18. The Labute approximate surface area is 150 Å². The summed E-state index contributed by atoms with van der Waals surface area (Å²) in [6.45, 7) is 2.65. The van der Waals surface area contributed by atoms with Gasteiger partial charge in [0, 0.05) is 32.4 Å². The summed E-state index contributed by atoms with van der Waals surface area (Å²) in [6.07, 6.45) is 1.97. The summed E-state index contributed by atoms with van der Waals surface area (Å²) in [5.74, 6) is 1.73. The van der Waals surface area contributed by atoms with E-state index in [9.17, 15) is 0 Å². The van der Waals surface area contributed by atoms with Gasteiger partial charge in [-0.3, -0.25) is 4.99 Å². The van der Waals surface area contributed by atoms with Crippen LogP contribution in [0.3, 0.4) is 0 Å². The van der Waals surface area contributed by atoms with Crippen LogP contribution in [0.2, 0.25) is 0 Å². The number of hydrogen-bond acceptors (Lipinski definition) is 3. The third-order valence-corrected chi connectivity index (χ3v) is 3.84. The van der Waals surface area contributed by atoms with Crippen molar-refractivity contribution in [1.82, 2.24) is 10.6 Å². The third-order valence-electron chi connectivity index (χ3n) is 3.84. The summed E-state index contributed by atoms with van der Waals surface area (Å²) < 4.78 is 5.17. The van der Waals surface area contributed by atoms with E-state index in [1.165, 1.54) is 5.56 Å². The zero-order valence-corrected chi connectivity index (χ0v) is 15.1. The first kappa shape index (κ1) is 18.6. The first-order chi connectivity index (χ1) is 12.3. The monoisotopic (exact) mass is 340 g/mol. The van der Waals surface area contributed by atoms with E-state index in [1.54, 1.807) is 14.2 Å². The average molecular weight is 340 g/mol. The van der Waals surface area contributed by atoms with Gasteiger partial charge in [-0.05, 0) is 42.7 Å². The van der Waals surface area contributed by atoms with Crippen molar-refractivity contribution >= 4 is 11.6 Å². The summed E-state index contributed by atoms with van der Waals surface area (Å²) in [4.78, 5) is 4.26. The van der Waals surface area contributed by atoms with Gasteiger partial charge in [-0.25, -0.2) is 0 Å². The van der Waals surface area contributed by atoms with E-state index in [2.05, 4.69) is 45.2 Å². The van der Waals surface area contributed by atoms with E-state index in [-0.39, 0.29) is 0 Å². The van der Waals surface area contributed by atoms with Crippen LogP contribution in [0.4, 0.5) is 5.69 Å². The molecule has 2 aromatic rings. The molecule has 134 valence electrons. The number of anilines is 1. The fourth-order valence-electron chi connectivity index (χ4n) is 2.42. The molecule has 0 amide bonds. The topological polar surface area (TPSA) is 57.7 Å². The number of benzene rings is 2. The number of ether oxygens (including phenoxy) is 1. The summed E-state index contributed by atoms with van der Waals surface area (Å²) in [5, 5.41) is 10.1. The Morgan fingerprint density at radius 3 is 2.32 bits per heavy atom. The zero-order chi connectivity index (χ0) is 17.7. The van der Waals surface area contributed by atoms with Crippen LogP contribution in [-0.2, 0) is 6.42 Å². The predicted octanol–water partition coefficient (Wildman–Crippen LogP) is 2.90. The fraction of sp³-hybridized carbons (Fsp3) is 0.350. The molecular weight excluding hydrogens is 312 g/mol. The van der Waals surface area contributed by atoms with Gasteiger partial charge in [-0.1, -0.05) is 30.3 Å². The highest BCUT2D eigenvalue weighted by Gasteiger charge is 1.98. The number of rotatable bonds is 9. The highest BCUT2D eigenvalue weighted by Crippen LogP contribution is 2.11. The van der Waals surface area contributed by atoms with Crippen molar-refractivity contribution in [3.63, 3.8) is 0 Å². The maximum absolute atomic E-state index is 5.17. The van der Waals surface area contributed by atoms with Crippen molar-refractivity contribution in [3.8, 4) is 5.75 Å². The van der Waals surface area contributed by atoms with Crippen LogP contribution in [0.15, 0.2) is 59.6 Å². The van der Waals surface area contributed by atoms with E-state index in [1.807, 2.05) is 30.3 Å². The van der Waals surface area contributed by atoms with Gasteiger partial charge < -0.3 is 20.7 Å². The molecule has 0 radical (unpaired) electrons. The Morgan fingerprint density at radius 1 is 0.920 bits per heavy atom. The molecule has 0 saturated heterocycles. The Hall–Kier alpha value is -2.69. The largest absolute Gasteiger partial charge is 0.497 e. The summed E-state index contributed by atoms with van der Waals surface area (Å²) in [7, 11) is 3.48. The van der Waals surface area contributed by atoms with Gasteiger partial charge in [0.25, 0.3) is 0 Å². The van der Waals surface area contributed by atoms with Gasteiger partial charge in [0.15, 0.2) is 5.96 Å². The standard InChI is InChI=1S/C20H28N4O/c1-21-20(23-15-6-14-22-18-7-4-3-5-8-18)24-16-13-17-9-11-19(25-2)12-10-17/h3-5,7-12,22H,6,13-16H2,1-2H3,(H2,21,23,24). The molecule has 3 N–H and O–H groups in total. The summed E-state index contributed by atoms with van der Waals surface area (Å²) in [6, 6.07) is 18.4. The summed E-state index contributed by atoms with van der Waals surface area (Å²) in [5.41, 5.74) is 2.43. The van der Waals surface area contributed by atoms with Crippen LogP contribution in [-0.4, -0.2) is 39.8 Å². The number of hydrogen-bond donors (Lipinski definition) is 3. The average Bonchev–Trinajstić information content (AvgIpc) is 2.67. The number of nitrogens with one attached hydrogen (secondary N) is 3. The van der Waals surface area contributed by atoms with Crippen LogP contribution in [0.5, 0.6) is 5.75 Å². The lowest BCUT2D eigenvalue weighted by atomic mass is 10.1. The molecule has 0 aliphatic rings. The molecule has 0 fully saturated rings. The lowest BCUT2D eigenvalue weighted by molar-refractivity contribution is 0.414. The van der Waals surface area contributed by atoms with Crippen molar-refractivity contribution in [1.29, 1.82) is 0 Å². The number of guanidine groups is 1. The Morgan fingerprint density at radius 2 is 1.64 bits per heavy atom. The smallest absolute Gasteiger partial charge is 0.190 e. The first-order valence-corrected chi connectivity index (χ1v) is 8.68. The predicted molar refractivity (Wildman–Crippen MR) is 106 cm³/mol. The van der Waals surface area contributed by atoms with Crippen molar-refractivity contribution in [3.05, 3.63) is 60.2 Å². The van der Waals surface area contributed by atoms with E-state index >= 15 is 0 Å². The highest BCUT2D eigenvalue weighted by atomic mass is 16.5. The normalized spacial score (nSPS) is 11.0. The van der Waals surface area contributed by atoms with Gasteiger partial charge in [0.1, 0.15) is 5.75 Å². The van der Waals surface area contributed by atoms with Gasteiger partial charge in [0.2, 0.25) is 0 Å². The van der Waals surface area contributed by atoms with E-state index < -0.39 is 0 Å². The van der Waals surface area contributed by atoms with Crippen molar-refractivity contribution in [2.45, 2.75) is 12.8 Å². The minimum atomic E-state index is 0.841. The van der Waals surface area contributed by atoms with Crippen molar-refractivity contribution in [2.75, 3.05) is 39.1 Å². The van der Waals surface area contributed by atoms with Crippen LogP contribution < -0.4 is 20.7 Å². The molecule has 5 heteroatoms. The number of methoxy groups -OCH3 is 1. The van der Waals surface area contributed by atoms with Crippen molar-refractivity contribution in [2.24, 2.45) is 4.99 Å². The van der Waals surface area contributed by atoms with Gasteiger partial charge in [0.05, 0.1) is 7.11 Å². The second-order valence-corrected chi connectivity index (χ2v) is 5.67. The SMILES string of the molecule is CN=C(NCCCNc1ccccc1)NCCc1ccc(OC)cc1. The zero-order valence-electron chi connectivity index (χ0n) is 15.1. The van der Waals surface area contributed by atoms with Gasteiger partial charge >= 0.3 is 0 Å². The molecule has 2 rings (SSSR count). The van der Waals surface area contributed by atoms with Crippen LogP contribution in [0.25, 0.3) is 0 Å². The lowest BCUT2D eigenvalue weighted by Crippen LogP contribution is -2.39. The molecule has 0 heterocycles. The highest BCUT2D eigenvalue weighted by molar-refractivity contribution is 5.79. The Balaban J connectivity index is 1.58. The molecular formula is C20H28N4O. The molecule has 0 aliphatic heterocycles. The van der Waals surface area contributed by atoms with E-state index in [0.717, 1.165) is 49.9 Å². The number of para-hydroxylation sites is 1. The molecule has 0 bridgehead atoms. The maximum Gasteiger partial charge on any atom is 0.190 e. The lowest BCUT2D eigenvalue weighted by Gasteiger charge is -2.12. The fourth-order valence-corrected chi connectivity index (χ4v) is 2.42. The van der Waals surface area contributed by atoms with Crippen LogP contribution in [0.1, 0.15) is 12.0 Å². The Bertz CT molecular complexity index is 626. The summed E-state index contributed by atoms with van der Waals surface area (Å²) >= 11 is 0. The minimum absolute atomic E-state index is 0.841. The number of aliphatic imine (C=N–C) groups is 1. The molecule has 5 nitrogen and oxygen atoms in total. The molecule has 0 atom stereocenters. The van der Waals surface area contributed by atoms with Gasteiger partial charge in [-0.2, -0.15) is 0 Å². The first-order valence-electron chi connectivity index (χ1n) is 8.68. The minimum Gasteiger partial charge on any atom is -0.497 e. The van der Waals surface area contributed by atoms with E-state index in [0.29, 0.717) is 0 Å². The molecule has 0 spiro atoms. The molecule has 2 aromatic carbocycles. The van der Waals surface area contributed by atoms with Gasteiger partial charge in [-0.15, -0.1) is 0 Å². The van der Waals surface area contributed by atoms with E-state index in [4.69, 9.17) is 4.74 Å². The molecule has 0 aromatic heterocycles. The van der Waals surface area contributed by atoms with Crippen LogP contribution in [0, 0.1) is 0 Å².